The zero-order chi connectivity index (χ0) is 17.9. The Morgan fingerprint density at radius 2 is 2.00 bits per heavy atom. The van der Waals surface area contributed by atoms with E-state index in [0.29, 0.717) is 12.8 Å². The molecule has 25 heavy (non-hydrogen) atoms. The van der Waals surface area contributed by atoms with E-state index in [2.05, 4.69) is 11.4 Å². The molecule has 3 rings (SSSR count). The van der Waals surface area contributed by atoms with E-state index in [-0.39, 0.29) is 24.3 Å². The summed E-state index contributed by atoms with van der Waals surface area (Å²) in [4.78, 5) is 26.3. The van der Waals surface area contributed by atoms with Crippen molar-refractivity contribution in [2.75, 3.05) is 0 Å². The molecule has 2 amide bonds. The Morgan fingerprint density at radius 1 is 1.28 bits per heavy atom. The molecule has 5 nitrogen and oxygen atoms in total. The van der Waals surface area contributed by atoms with Gasteiger partial charge in [-0.05, 0) is 30.0 Å². The predicted octanol–water partition coefficient (Wildman–Crippen LogP) is 3.29. The molecule has 1 aliphatic heterocycles. The molecule has 1 N–H and O–H groups in total. The maximum atomic E-state index is 12.7. The molecule has 1 atom stereocenters. The van der Waals surface area contributed by atoms with Crippen molar-refractivity contribution in [2.24, 2.45) is 0 Å². The van der Waals surface area contributed by atoms with Crippen LogP contribution in [0.15, 0.2) is 30.5 Å². The molecule has 2 aliphatic rings. The fourth-order valence-corrected chi connectivity index (χ4v) is 3.83. The summed E-state index contributed by atoms with van der Waals surface area (Å²) < 4.78 is 0. The molecule has 1 heterocycles. The van der Waals surface area contributed by atoms with E-state index in [9.17, 15) is 14.9 Å². The topological polar surface area (TPSA) is 73.2 Å². The first-order chi connectivity index (χ1) is 12.0. The van der Waals surface area contributed by atoms with E-state index in [4.69, 9.17) is 0 Å². The Kier molecular flexibility index (Phi) is 4.89. The first-order valence-corrected chi connectivity index (χ1v) is 8.83. The lowest BCUT2D eigenvalue weighted by Crippen LogP contribution is -2.49. The fraction of sp³-hybridized carbons (Fsp3) is 0.450. The molecule has 0 saturated heterocycles. The first kappa shape index (κ1) is 17.2. The minimum absolute atomic E-state index is 0.101. The number of carbonyl (C=O) groups excluding carboxylic acids is 2. The maximum absolute atomic E-state index is 12.7. The van der Waals surface area contributed by atoms with E-state index in [1.54, 1.807) is 11.1 Å². The number of nitrogens with one attached hydrogen (secondary N) is 1. The number of fused-ring (bicyclic) bond motifs is 1. The Balaban J connectivity index is 1.79. The molecular weight excluding hydrogens is 314 g/mol. The molecule has 1 saturated carbocycles. The quantitative estimate of drug-likeness (QED) is 0.920. The van der Waals surface area contributed by atoms with Crippen molar-refractivity contribution in [3.05, 3.63) is 41.6 Å². The molecule has 0 bridgehead atoms. The highest BCUT2D eigenvalue weighted by Gasteiger charge is 2.35. The number of carbonyl (C=O) groups is 2. The van der Waals surface area contributed by atoms with Gasteiger partial charge < -0.3 is 10.2 Å². The standard InChI is InChI=1S/C20H23N3O2/c1-15(24)23-12-9-16-7-3-4-8-17(16)18(23)13-19(25)22-20(14-21)10-5-2-6-11-20/h3-4,7-9,12,18H,2,5-6,10-11,13H2,1H3,(H,22,25). The molecule has 1 aliphatic carbocycles. The number of nitriles is 1. The smallest absolute Gasteiger partial charge is 0.223 e. The van der Waals surface area contributed by atoms with Crippen LogP contribution in [0.1, 0.15) is 62.6 Å². The Labute approximate surface area is 148 Å². The summed E-state index contributed by atoms with van der Waals surface area (Å²) in [6, 6.07) is 9.76. The van der Waals surface area contributed by atoms with Gasteiger partial charge in [-0.15, -0.1) is 0 Å². The highest BCUT2D eigenvalue weighted by Crippen LogP contribution is 2.34. The fourth-order valence-electron chi connectivity index (χ4n) is 3.83. The van der Waals surface area contributed by atoms with Crippen molar-refractivity contribution in [1.29, 1.82) is 5.26 Å². The third-order valence-electron chi connectivity index (χ3n) is 5.15. The van der Waals surface area contributed by atoms with Gasteiger partial charge in [0.25, 0.3) is 0 Å². The van der Waals surface area contributed by atoms with Crippen molar-refractivity contribution in [3.8, 4) is 6.07 Å². The van der Waals surface area contributed by atoms with E-state index < -0.39 is 5.54 Å². The van der Waals surface area contributed by atoms with Crippen LogP contribution >= 0.6 is 0 Å². The normalized spacial score (nSPS) is 21.1. The van der Waals surface area contributed by atoms with E-state index in [0.717, 1.165) is 30.4 Å². The lowest BCUT2D eigenvalue weighted by atomic mass is 9.82. The minimum atomic E-state index is -0.750. The molecule has 0 radical (unpaired) electrons. The van der Waals surface area contributed by atoms with Crippen molar-refractivity contribution < 1.29 is 9.59 Å². The predicted molar refractivity (Wildman–Crippen MR) is 94.9 cm³/mol. The van der Waals surface area contributed by atoms with Crippen molar-refractivity contribution in [1.82, 2.24) is 10.2 Å². The number of nitrogens with zero attached hydrogens (tertiary/aromatic N) is 2. The minimum Gasteiger partial charge on any atom is -0.338 e. The van der Waals surface area contributed by atoms with Crippen LogP contribution in [-0.2, 0) is 9.59 Å². The SMILES string of the molecule is CC(=O)N1C=Cc2ccccc2C1CC(=O)NC1(C#N)CCCCC1. The van der Waals surface area contributed by atoms with Gasteiger partial charge >= 0.3 is 0 Å². The molecular formula is C20H23N3O2. The molecule has 1 aromatic rings. The van der Waals surface area contributed by atoms with Crippen LogP contribution in [0.5, 0.6) is 0 Å². The molecule has 0 spiro atoms. The van der Waals surface area contributed by atoms with Gasteiger partial charge in [-0.25, -0.2) is 0 Å². The largest absolute Gasteiger partial charge is 0.338 e. The van der Waals surface area contributed by atoms with Crippen LogP contribution in [0.25, 0.3) is 6.08 Å². The highest BCUT2D eigenvalue weighted by atomic mass is 16.2. The summed E-state index contributed by atoms with van der Waals surface area (Å²) in [5.74, 6) is -0.277. The monoisotopic (exact) mass is 337 g/mol. The summed E-state index contributed by atoms with van der Waals surface area (Å²) in [6.45, 7) is 1.50. The Bertz CT molecular complexity index is 742. The molecule has 1 unspecified atom stereocenters. The Morgan fingerprint density at radius 3 is 2.68 bits per heavy atom. The van der Waals surface area contributed by atoms with E-state index in [1.807, 2.05) is 30.3 Å². The number of hydrogen-bond acceptors (Lipinski definition) is 3. The van der Waals surface area contributed by atoms with Gasteiger partial charge in [0.2, 0.25) is 11.8 Å². The second-order valence-electron chi connectivity index (χ2n) is 6.89. The van der Waals surface area contributed by atoms with Gasteiger partial charge in [-0.3, -0.25) is 9.59 Å². The van der Waals surface area contributed by atoms with Gasteiger partial charge in [0, 0.05) is 13.1 Å². The van der Waals surface area contributed by atoms with Crippen molar-refractivity contribution in [3.63, 3.8) is 0 Å². The summed E-state index contributed by atoms with van der Waals surface area (Å²) in [5.41, 5.74) is 1.23. The summed E-state index contributed by atoms with van der Waals surface area (Å²) in [5, 5.41) is 12.5. The van der Waals surface area contributed by atoms with Gasteiger partial charge in [0.15, 0.2) is 0 Å². The molecule has 1 aromatic carbocycles. The Hall–Kier alpha value is -2.61. The van der Waals surface area contributed by atoms with Crippen molar-refractivity contribution in [2.45, 2.75) is 57.0 Å². The van der Waals surface area contributed by atoms with Gasteiger partial charge in [-0.1, -0.05) is 43.5 Å². The second kappa shape index (κ2) is 7.10. The maximum Gasteiger partial charge on any atom is 0.223 e. The summed E-state index contributed by atoms with van der Waals surface area (Å²) >= 11 is 0. The lowest BCUT2D eigenvalue weighted by molar-refractivity contribution is -0.130. The molecule has 0 aromatic heterocycles. The van der Waals surface area contributed by atoms with Crippen LogP contribution in [0.4, 0.5) is 0 Å². The van der Waals surface area contributed by atoms with Crippen LogP contribution < -0.4 is 5.32 Å². The third-order valence-corrected chi connectivity index (χ3v) is 5.15. The van der Waals surface area contributed by atoms with Gasteiger partial charge in [0.1, 0.15) is 5.54 Å². The van der Waals surface area contributed by atoms with Crippen LogP contribution in [0, 0.1) is 11.3 Å². The summed E-state index contributed by atoms with van der Waals surface area (Å²) in [6.07, 6.45) is 8.22. The zero-order valence-electron chi connectivity index (χ0n) is 14.5. The molecule has 130 valence electrons. The first-order valence-electron chi connectivity index (χ1n) is 8.83. The van der Waals surface area contributed by atoms with E-state index in [1.165, 1.54) is 6.92 Å². The third kappa shape index (κ3) is 3.58. The van der Waals surface area contributed by atoms with Crippen LogP contribution in [-0.4, -0.2) is 22.3 Å². The molecule has 1 fully saturated rings. The number of benzene rings is 1. The summed E-state index contributed by atoms with van der Waals surface area (Å²) in [7, 11) is 0. The van der Waals surface area contributed by atoms with Crippen LogP contribution in [0.2, 0.25) is 0 Å². The highest BCUT2D eigenvalue weighted by molar-refractivity contribution is 5.82. The lowest BCUT2D eigenvalue weighted by Gasteiger charge is -2.35. The zero-order valence-corrected chi connectivity index (χ0v) is 14.5. The van der Waals surface area contributed by atoms with E-state index >= 15 is 0 Å². The number of hydrogen-bond donors (Lipinski definition) is 1. The number of rotatable bonds is 3. The number of amides is 2. The average molecular weight is 337 g/mol. The molecule has 5 heteroatoms. The van der Waals surface area contributed by atoms with Crippen LogP contribution in [0.3, 0.4) is 0 Å². The second-order valence-corrected chi connectivity index (χ2v) is 6.89. The van der Waals surface area contributed by atoms with Gasteiger partial charge in [0.05, 0.1) is 18.5 Å². The van der Waals surface area contributed by atoms with Gasteiger partial charge in [-0.2, -0.15) is 5.26 Å². The van der Waals surface area contributed by atoms with Crippen molar-refractivity contribution >= 4 is 17.9 Å². The average Bonchev–Trinajstić information content (AvgIpc) is 2.62.